The number of imide groups is 1. The van der Waals surface area contributed by atoms with Crippen molar-refractivity contribution in [3.63, 3.8) is 0 Å². The van der Waals surface area contributed by atoms with Crippen molar-refractivity contribution in [2.45, 2.75) is 13.0 Å². The fourth-order valence-corrected chi connectivity index (χ4v) is 2.53. The van der Waals surface area contributed by atoms with Gasteiger partial charge in [-0.3, -0.25) is 9.69 Å². The number of carbonyl (C=O) groups is 3. The molecule has 1 aromatic rings. The molecule has 1 fully saturated rings. The van der Waals surface area contributed by atoms with Crippen molar-refractivity contribution in [1.29, 1.82) is 0 Å². The molecule has 9 nitrogen and oxygen atoms in total. The second kappa shape index (κ2) is 8.93. The molecule has 9 heteroatoms. The smallest absolute Gasteiger partial charge is 0.331 e. The predicted octanol–water partition coefficient (Wildman–Crippen LogP) is 1.21. The molecule has 27 heavy (non-hydrogen) atoms. The minimum absolute atomic E-state index is 0.251. The first-order valence-corrected chi connectivity index (χ1v) is 8.19. The Bertz CT molecular complexity index is 735. The van der Waals surface area contributed by atoms with Gasteiger partial charge in [-0.05, 0) is 30.7 Å². The Balaban J connectivity index is 2.05. The predicted molar refractivity (Wildman–Crippen MR) is 95.8 cm³/mol. The Morgan fingerprint density at radius 2 is 1.78 bits per heavy atom. The second-order valence-electron chi connectivity index (χ2n) is 5.59. The molecule has 1 N–H and O–H groups in total. The Kier molecular flexibility index (Phi) is 6.64. The van der Waals surface area contributed by atoms with Crippen molar-refractivity contribution in [2.75, 3.05) is 34.4 Å². The Morgan fingerprint density at radius 1 is 1.15 bits per heavy atom. The maximum absolute atomic E-state index is 12.1. The third-order valence-corrected chi connectivity index (χ3v) is 3.86. The van der Waals surface area contributed by atoms with Gasteiger partial charge < -0.3 is 24.3 Å². The highest BCUT2D eigenvalue weighted by Gasteiger charge is 2.31. The van der Waals surface area contributed by atoms with Gasteiger partial charge in [0.15, 0.2) is 17.6 Å². The molecular formula is C18H22N2O7. The monoisotopic (exact) mass is 378 g/mol. The molecule has 3 amide bonds. The second-order valence-corrected chi connectivity index (χ2v) is 5.59. The molecule has 1 saturated heterocycles. The summed E-state index contributed by atoms with van der Waals surface area (Å²) in [5.41, 5.74) is 0.611. The molecule has 1 unspecified atom stereocenters. The van der Waals surface area contributed by atoms with E-state index in [4.69, 9.17) is 18.9 Å². The fraction of sp³-hybridized carbons (Fsp3) is 0.389. The number of ether oxygens (including phenoxy) is 4. The summed E-state index contributed by atoms with van der Waals surface area (Å²) < 4.78 is 20.8. The summed E-state index contributed by atoms with van der Waals surface area (Å²) in [5.74, 6) is 0.0218. The summed E-state index contributed by atoms with van der Waals surface area (Å²) in [7, 11) is 4.47. The molecule has 0 radical (unpaired) electrons. The molecule has 1 aromatic carbocycles. The summed E-state index contributed by atoms with van der Waals surface area (Å²) in [4.78, 5) is 36.6. The Hall–Kier alpha value is -3.23. The van der Waals surface area contributed by atoms with E-state index in [2.05, 4.69) is 5.32 Å². The fourth-order valence-electron chi connectivity index (χ4n) is 2.53. The van der Waals surface area contributed by atoms with Crippen molar-refractivity contribution in [3.8, 4) is 17.2 Å². The zero-order valence-corrected chi connectivity index (χ0v) is 15.6. The number of methoxy groups -OCH3 is 3. The maximum atomic E-state index is 12.1. The van der Waals surface area contributed by atoms with Crippen LogP contribution in [0.2, 0.25) is 0 Å². The van der Waals surface area contributed by atoms with E-state index in [0.717, 1.165) is 4.90 Å². The van der Waals surface area contributed by atoms with E-state index in [9.17, 15) is 14.4 Å². The van der Waals surface area contributed by atoms with Gasteiger partial charge in [0.05, 0.1) is 21.3 Å². The van der Waals surface area contributed by atoms with E-state index in [1.165, 1.54) is 40.4 Å². The minimum Gasteiger partial charge on any atom is -0.493 e. The summed E-state index contributed by atoms with van der Waals surface area (Å²) >= 11 is 0. The molecule has 146 valence electrons. The van der Waals surface area contributed by atoms with Crippen LogP contribution in [0.4, 0.5) is 4.79 Å². The zero-order chi connectivity index (χ0) is 20.0. The third-order valence-electron chi connectivity index (χ3n) is 3.86. The standard InChI is InChI=1S/C18H22N2O7/c1-11(17(22)20-8-7-19-18(20)23)27-15(21)6-5-12-9-13(24-2)16(26-4)14(10-12)25-3/h5-6,9-11H,7-8H2,1-4H3,(H,19,23)/b6-5+. The Labute approximate surface area is 156 Å². The maximum Gasteiger partial charge on any atom is 0.331 e. The summed E-state index contributed by atoms with van der Waals surface area (Å²) in [6, 6.07) is 2.83. The van der Waals surface area contributed by atoms with Crippen LogP contribution in [0.5, 0.6) is 17.2 Å². The number of benzene rings is 1. The highest BCUT2D eigenvalue weighted by molar-refractivity contribution is 5.99. The topological polar surface area (TPSA) is 103 Å². The van der Waals surface area contributed by atoms with E-state index in [0.29, 0.717) is 29.4 Å². The first kappa shape index (κ1) is 20.1. The van der Waals surface area contributed by atoms with Gasteiger partial charge in [0.1, 0.15) is 0 Å². The molecular weight excluding hydrogens is 356 g/mol. The average molecular weight is 378 g/mol. The van der Waals surface area contributed by atoms with Gasteiger partial charge >= 0.3 is 12.0 Å². The van der Waals surface area contributed by atoms with Crippen LogP contribution in [0.1, 0.15) is 12.5 Å². The van der Waals surface area contributed by atoms with Crippen molar-refractivity contribution >= 4 is 24.0 Å². The third kappa shape index (κ3) is 4.69. The summed E-state index contributed by atoms with van der Waals surface area (Å²) in [6.07, 6.45) is 1.59. The van der Waals surface area contributed by atoms with E-state index in [1.54, 1.807) is 12.1 Å². The minimum atomic E-state index is -1.08. The highest BCUT2D eigenvalue weighted by atomic mass is 16.5. The highest BCUT2D eigenvalue weighted by Crippen LogP contribution is 2.38. The van der Waals surface area contributed by atoms with Crippen LogP contribution in [0, 0.1) is 0 Å². The van der Waals surface area contributed by atoms with Crippen molar-refractivity contribution < 1.29 is 33.3 Å². The molecule has 0 aliphatic carbocycles. The largest absolute Gasteiger partial charge is 0.493 e. The van der Waals surface area contributed by atoms with Gasteiger partial charge in [0.2, 0.25) is 5.75 Å². The number of rotatable bonds is 7. The lowest BCUT2D eigenvalue weighted by atomic mass is 10.1. The van der Waals surface area contributed by atoms with E-state index < -0.39 is 24.0 Å². The Morgan fingerprint density at radius 3 is 2.26 bits per heavy atom. The van der Waals surface area contributed by atoms with E-state index in [1.807, 2.05) is 0 Å². The lowest BCUT2D eigenvalue weighted by Gasteiger charge is -2.17. The van der Waals surface area contributed by atoms with Crippen LogP contribution in [-0.2, 0) is 14.3 Å². The van der Waals surface area contributed by atoms with Crippen LogP contribution in [0.25, 0.3) is 6.08 Å². The SMILES string of the molecule is COc1cc(/C=C/C(=O)OC(C)C(=O)N2CCNC2=O)cc(OC)c1OC. The van der Waals surface area contributed by atoms with Crippen LogP contribution in [0.3, 0.4) is 0 Å². The summed E-state index contributed by atoms with van der Waals surface area (Å²) in [6.45, 7) is 2.05. The molecule has 1 atom stereocenters. The molecule has 2 rings (SSSR count). The van der Waals surface area contributed by atoms with Gasteiger partial charge in [-0.15, -0.1) is 0 Å². The van der Waals surface area contributed by atoms with Crippen LogP contribution < -0.4 is 19.5 Å². The van der Waals surface area contributed by atoms with Gasteiger partial charge in [0, 0.05) is 19.2 Å². The van der Waals surface area contributed by atoms with Crippen LogP contribution >= 0.6 is 0 Å². The lowest BCUT2D eigenvalue weighted by molar-refractivity contribution is -0.153. The quantitative estimate of drug-likeness (QED) is 0.562. The number of nitrogens with zero attached hydrogens (tertiary/aromatic N) is 1. The first-order chi connectivity index (χ1) is 12.9. The number of amides is 3. The average Bonchev–Trinajstić information content (AvgIpc) is 3.10. The number of urea groups is 1. The molecule has 1 aliphatic rings. The number of esters is 1. The zero-order valence-electron chi connectivity index (χ0n) is 15.6. The van der Waals surface area contributed by atoms with Crippen LogP contribution in [0.15, 0.2) is 18.2 Å². The number of hydrogen-bond donors (Lipinski definition) is 1. The molecule has 0 bridgehead atoms. The normalized spacial score (nSPS) is 14.7. The van der Waals surface area contributed by atoms with Gasteiger partial charge in [-0.25, -0.2) is 9.59 Å². The van der Waals surface area contributed by atoms with Gasteiger partial charge in [-0.2, -0.15) is 0 Å². The van der Waals surface area contributed by atoms with E-state index >= 15 is 0 Å². The number of hydrogen-bond acceptors (Lipinski definition) is 7. The molecule has 0 aromatic heterocycles. The first-order valence-electron chi connectivity index (χ1n) is 8.19. The van der Waals surface area contributed by atoms with Crippen molar-refractivity contribution in [3.05, 3.63) is 23.8 Å². The van der Waals surface area contributed by atoms with E-state index in [-0.39, 0.29) is 6.54 Å². The number of nitrogens with one attached hydrogen (secondary N) is 1. The van der Waals surface area contributed by atoms with Gasteiger partial charge in [-0.1, -0.05) is 0 Å². The van der Waals surface area contributed by atoms with Crippen molar-refractivity contribution in [2.24, 2.45) is 0 Å². The summed E-state index contributed by atoms with van der Waals surface area (Å²) in [5, 5.41) is 2.51. The molecule has 1 aliphatic heterocycles. The lowest BCUT2D eigenvalue weighted by Crippen LogP contribution is -2.41. The number of carbonyl (C=O) groups excluding carboxylic acids is 3. The van der Waals surface area contributed by atoms with Gasteiger partial charge in [0.25, 0.3) is 5.91 Å². The molecule has 0 saturated carbocycles. The van der Waals surface area contributed by atoms with Crippen LogP contribution in [-0.4, -0.2) is 63.3 Å². The van der Waals surface area contributed by atoms with Crippen molar-refractivity contribution in [1.82, 2.24) is 10.2 Å². The molecule has 0 spiro atoms. The molecule has 1 heterocycles.